The first-order valence-corrected chi connectivity index (χ1v) is 6.97. The fourth-order valence-electron chi connectivity index (χ4n) is 1.62. The van der Waals surface area contributed by atoms with Gasteiger partial charge in [0, 0.05) is 17.4 Å². The van der Waals surface area contributed by atoms with Crippen molar-refractivity contribution in [1.82, 2.24) is 4.90 Å². The number of carboxylic acids is 1. The molecule has 0 aromatic heterocycles. The molecule has 1 amide bonds. The number of esters is 1. The number of thiol groups is 1. The molecule has 0 spiro atoms. The van der Waals surface area contributed by atoms with E-state index < -0.39 is 35.2 Å². The number of thioether (sulfide) groups is 1. The molecule has 6 nitrogen and oxygen atoms in total. The van der Waals surface area contributed by atoms with Crippen LogP contribution in [0.2, 0.25) is 0 Å². The number of methoxy groups -OCH3 is 1. The number of amides is 1. The second-order valence-corrected chi connectivity index (χ2v) is 5.37. The number of ether oxygens (including phenoxy) is 1. The standard InChI is InChI=1S/C10H15NO5S2/c1-5(3-17)7(12)11-6(10(15)16-2)4-18-8(11)9(13)14/h5-6,8,17H,3-4H2,1-2H3,(H,13,14)/t5-,6-,8+/m1/s1. The molecule has 0 saturated carbocycles. The molecule has 0 aromatic rings. The van der Waals surface area contributed by atoms with Gasteiger partial charge in [0.15, 0.2) is 5.37 Å². The molecular formula is C10H15NO5S2. The van der Waals surface area contributed by atoms with Gasteiger partial charge in [0.1, 0.15) is 6.04 Å². The van der Waals surface area contributed by atoms with Gasteiger partial charge < -0.3 is 14.7 Å². The molecule has 3 atom stereocenters. The molecule has 0 radical (unpaired) electrons. The summed E-state index contributed by atoms with van der Waals surface area (Å²) in [7, 11) is 1.21. The maximum absolute atomic E-state index is 12.1. The number of hydrogen-bond acceptors (Lipinski definition) is 6. The van der Waals surface area contributed by atoms with E-state index in [9.17, 15) is 14.4 Å². The first-order chi connectivity index (χ1) is 8.43. The zero-order chi connectivity index (χ0) is 13.9. The summed E-state index contributed by atoms with van der Waals surface area (Å²) in [5.74, 6) is -2.04. The summed E-state index contributed by atoms with van der Waals surface area (Å²) >= 11 is 5.06. The van der Waals surface area contributed by atoms with E-state index in [0.29, 0.717) is 5.75 Å². The minimum atomic E-state index is -1.13. The predicted octanol–water partition coefficient (Wildman–Crippen LogP) is 0.0800. The lowest BCUT2D eigenvalue weighted by Gasteiger charge is -2.27. The molecule has 102 valence electrons. The van der Waals surface area contributed by atoms with Crippen molar-refractivity contribution in [3.05, 3.63) is 0 Å². The second kappa shape index (κ2) is 6.33. The predicted molar refractivity (Wildman–Crippen MR) is 69.5 cm³/mol. The number of carbonyl (C=O) groups is 3. The maximum Gasteiger partial charge on any atom is 0.337 e. The fourth-order valence-corrected chi connectivity index (χ4v) is 2.99. The van der Waals surface area contributed by atoms with Gasteiger partial charge in [-0.2, -0.15) is 12.6 Å². The molecule has 1 aliphatic heterocycles. The molecule has 0 unspecified atom stereocenters. The van der Waals surface area contributed by atoms with Crippen LogP contribution < -0.4 is 0 Å². The Balaban J connectivity index is 2.98. The lowest BCUT2D eigenvalue weighted by atomic mass is 10.1. The van der Waals surface area contributed by atoms with Crippen LogP contribution in [0.15, 0.2) is 0 Å². The van der Waals surface area contributed by atoms with Crippen molar-refractivity contribution in [1.29, 1.82) is 0 Å². The van der Waals surface area contributed by atoms with Gasteiger partial charge in [-0.15, -0.1) is 11.8 Å². The molecule has 18 heavy (non-hydrogen) atoms. The van der Waals surface area contributed by atoms with Crippen LogP contribution in [0.5, 0.6) is 0 Å². The molecule has 1 saturated heterocycles. The van der Waals surface area contributed by atoms with Gasteiger partial charge in [0.2, 0.25) is 5.91 Å². The molecule has 1 aliphatic rings. The first-order valence-electron chi connectivity index (χ1n) is 5.29. The Labute approximate surface area is 114 Å². The van der Waals surface area contributed by atoms with E-state index in [1.54, 1.807) is 6.92 Å². The molecule has 1 heterocycles. The van der Waals surface area contributed by atoms with E-state index in [4.69, 9.17) is 5.11 Å². The number of rotatable bonds is 4. The lowest BCUT2D eigenvalue weighted by Crippen LogP contribution is -2.50. The highest BCUT2D eigenvalue weighted by Crippen LogP contribution is 2.31. The van der Waals surface area contributed by atoms with Crippen molar-refractivity contribution >= 4 is 42.2 Å². The van der Waals surface area contributed by atoms with Crippen molar-refractivity contribution < 1.29 is 24.2 Å². The summed E-state index contributed by atoms with van der Waals surface area (Å²) in [5, 5.41) is 8.04. The Morgan fingerprint density at radius 2 is 2.17 bits per heavy atom. The third-order valence-corrected chi connectivity index (χ3v) is 4.44. The average molecular weight is 293 g/mol. The van der Waals surface area contributed by atoms with E-state index >= 15 is 0 Å². The number of nitrogens with zero attached hydrogens (tertiary/aromatic N) is 1. The van der Waals surface area contributed by atoms with Crippen LogP contribution in [0.1, 0.15) is 6.92 Å². The number of carboxylic acid groups (broad SMARTS) is 1. The smallest absolute Gasteiger partial charge is 0.337 e. The number of aliphatic carboxylic acids is 1. The van der Waals surface area contributed by atoms with Crippen LogP contribution in [0.25, 0.3) is 0 Å². The van der Waals surface area contributed by atoms with Gasteiger partial charge in [-0.25, -0.2) is 9.59 Å². The normalized spacial score (nSPS) is 24.7. The Morgan fingerprint density at radius 1 is 1.56 bits per heavy atom. The van der Waals surface area contributed by atoms with Gasteiger partial charge in [0.05, 0.1) is 7.11 Å². The van der Waals surface area contributed by atoms with Crippen LogP contribution in [0, 0.1) is 5.92 Å². The number of hydrogen-bond donors (Lipinski definition) is 2. The fraction of sp³-hybridized carbons (Fsp3) is 0.700. The van der Waals surface area contributed by atoms with Gasteiger partial charge in [0.25, 0.3) is 0 Å². The molecule has 1 fully saturated rings. The van der Waals surface area contributed by atoms with Gasteiger partial charge in [-0.1, -0.05) is 6.92 Å². The minimum absolute atomic E-state index is 0.231. The van der Waals surface area contributed by atoms with Crippen LogP contribution in [0.3, 0.4) is 0 Å². The molecule has 0 bridgehead atoms. The molecule has 0 aromatic carbocycles. The minimum Gasteiger partial charge on any atom is -0.479 e. The molecule has 8 heteroatoms. The van der Waals surface area contributed by atoms with E-state index in [0.717, 1.165) is 16.7 Å². The van der Waals surface area contributed by atoms with Gasteiger partial charge >= 0.3 is 11.9 Å². The van der Waals surface area contributed by atoms with Crippen molar-refractivity contribution in [2.45, 2.75) is 18.3 Å². The Kier molecular flexibility index (Phi) is 5.33. The highest BCUT2D eigenvalue weighted by Gasteiger charge is 2.46. The first kappa shape index (κ1) is 15.2. The van der Waals surface area contributed by atoms with Crippen molar-refractivity contribution in [3.63, 3.8) is 0 Å². The summed E-state index contributed by atoms with van der Waals surface area (Å²) in [4.78, 5) is 35.9. The third-order valence-electron chi connectivity index (χ3n) is 2.63. The average Bonchev–Trinajstić information content (AvgIpc) is 2.80. The van der Waals surface area contributed by atoms with Crippen LogP contribution in [0.4, 0.5) is 0 Å². The zero-order valence-corrected chi connectivity index (χ0v) is 11.7. The molecular weight excluding hydrogens is 278 g/mol. The molecule has 0 aliphatic carbocycles. The summed E-state index contributed by atoms with van der Waals surface area (Å²) in [6.45, 7) is 1.64. The SMILES string of the molecule is COC(=O)[C@H]1CS[C@@H](C(=O)O)N1C(=O)[C@H](C)CS. The topological polar surface area (TPSA) is 83.9 Å². The van der Waals surface area contributed by atoms with Gasteiger partial charge in [-0.05, 0) is 0 Å². The second-order valence-electron chi connectivity index (χ2n) is 3.89. The highest BCUT2D eigenvalue weighted by molar-refractivity contribution is 8.00. The van der Waals surface area contributed by atoms with Crippen LogP contribution >= 0.6 is 24.4 Å². The monoisotopic (exact) mass is 293 g/mol. The largest absolute Gasteiger partial charge is 0.479 e. The maximum atomic E-state index is 12.1. The van der Waals surface area contributed by atoms with Crippen molar-refractivity contribution in [2.24, 2.45) is 5.92 Å². The number of carbonyl (C=O) groups excluding carboxylic acids is 2. The summed E-state index contributed by atoms with van der Waals surface area (Å²) in [6, 6.07) is -0.837. The van der Waals surface area contributed by atoms with Crippen LogP contribution in [-0.2, 0) is 19.1 Å². The Hall–Kier alpha value is -0.890. The Bertz CT molecular complexity index is 362. The van der Waals surface area contributed by atoms with Crippen molar-refractivity contribution in [2.75, 3.05) is 18.6 Å². The van der Waals surface area contributed by atoms with Crippen molar-refractivity contribution in [3.8, 4) is 0 Å². The summed E-state index contributed by atoms with van der Waals surface area (Å²) < 4.78 is 4.60. The van der Waals surface area contributed by atoms with E-state index in [1.165, 1.54) is 7.11 Å². The zero-order valence-electron chi connectivity index (χ0n) is 10.0. The van der Waals surface area contributed by atoms with Gasteiger partial charge in [-0.3, -0.25) is 4.79 Å². The lowest BCUT2D eigenvalue weighted by molar-refractivity contribution is -0.156. The highest BCUT2D eigenvalue weighted by atomic mass is 32.2. The summed E-state index contributed by atoms with van der Waals surface area (Å²) in [5.41, 5.74) is 0. The third kappa shape index (κ3) is 2.92. The quantitative estimate of drug-likeness (QED) is 0.564. The van der Waals surface area contributed by atoms with E-state index in [1.807, 2.05) is 0 Å². The molecule has 1 rings (SSSR count). The molecule has 1 N–H and O–H groups in total. The van der Waals surface area contributed by atoms with E-state index in [-0.39, 0.29) is 5.75 Å². The van der Waals surface area contributed by atoms with Crippen LogP contribution in [-0.4, -0.2) is 57.9 Å². The Morgan fingerprint density at radius 3 is 2.61 bits per heavy atom. The summed E-state index contributed by atoms with van der Waals surface area (Å²) in [6.07, 6.45) is 0. The van der Waals surface area contributed by atoms with E-state index in [2.05, 4.69) is 17.4 Å².